The van der Waals surface area contributed by atoms with Gasteiger partial charge in [0.2, 0.25) is 0 Å². The van der Waals surface area contributed by atoms with Gasteiger partial charge in [0.15, 0.2) is 0 Å². The molecule has 92 valence electrons. The third-order valence-electron chi connectivity index (χ3n) is 2.70. The third kappa shape index (κ3) is 3.11. The van der Waals surface area contributed by atoms with Gasteiger partial charge in [-0.15, -0.1) is 0 Å². The molecular formula is C15H13ClO2. The van der Waals surface area contributed by atoms with E-state index in [1.807, 2.05) is 31.2 Å². The van der Waals surface area contributed by atoms with E-state index in [0.717, 1.165) is 11.1 Å². The number of rotatable bonds is 3. The number of benzene rings is 2. The average Bonchev–Trinajstić information content (AvgIpc) is 2.38. The summed E-state index contributed by atoms with van der Waals surface area (Å²) >= 11 is 5.76. The van der Waals surface area contributed by atoms with E-state index in [2.05, 4.69) is 0 Å². The average molecular weight is 261 g/mol. The molecule has 0 fully saturated rings. The van der Waals surface area contributed by atoms with Gasteiger partial charge in [-0.3, -0.25) is 0 Å². The fourth-order valence-electron chi connectivity index (χ4n) is 1.58. The molecule has 2 nitrogen and oxygen atoms in total. The first-order valence-corrected chi connectivity index (χ1v) is 6.02. The molecule has 0 atom stereocenters. The van der Waals surface area contributed by atoms with Crippen molar-refractivity contribution in [2.45, 2.75) is 13.5 Å². The van der Waals surface area contributed by atoms with Gasteiger partial charge in [-0.25, -0.2) is 4.79 Å². The number of aryl methyl sites for hydroxylation is 1. The molecule has 0 aromatic heterocycles. The molecule has 0 heterocycles. The standard InChI is InChI=1S/C15H13ClO2/c1-11-4-2-3-5-13(11)10-18-15(17)12-6-8-14(16)9-7-12/h2-9H,10H2,1H3. The Labute approximate surface area is 111 Å². The second-order valence-corrected chi connectivity index (χ2v) is 4.45. The maximum atomic E-state index is 11.8. The third-order valence-corrected chi connectivity index (χ3v) is 2.95. The predicted molar refractivity (Wildman–Crippen MR) is 71.8 cm³/mol. The molecule has 0 amide bonds. The molecular weight excluding hydrogens is 248 g/mol. The molecule has 0 spiro atoms. The van der Waals surface area contributed by atoms with Crippen molar-refractivity contribution in [2.75, 3.05) is 0 Å². The number of halogens is 1. The van der Waals surface area contributed by atoms with Gasteiger partial charge in [0.1, 0.15) is 6.61 Å². The zero-order valence-electron chi connectivity index (χ0n) is 10.0. The lowest BCUT2D eigenvalue weighted by atomic mass is 10.1. The summed E-state index contributed by atoms with van der Waals surface area (Å²) in [5, 5.41) is 0.602. The van der Waals surface area contributed by atoms with E-state index >= 15 is 0 Å². The van der Waals surface area contributed by atoms with E-state index in [4.69, 9.17) is 16.3 Å². The molecule has 18 heavy (non-hydrogen) atoms. The molecule has 0 saturated heterocycles. The van der Waals surface area contributed by atoms with E-state index in [0.29, 0.717) is 10.6 Å². The minimum atomic E-state index is -0.338. The summed E-state index contributed by atoms with van der Waals surface area (Å²) in [7, 11) is 0. The topological polar surface area (TPSA) is 26.3 Å². The van der Waals surface area contributed by atoms with Crippen LogP contribution in [0.15, 0.2) is 48.5 Å². The molecule has 0 N–H and O–H groups in total. The van der Waals surface area contributed by atoms with Crippen LogP contribution >= 0.6 is 11.6 Å². The molecule has 0 radical (unpaired) electrons. The van der Waals surface area contributed by atoms with E-state index in [-0.39, 0.29) is 12.6 Å². The zero-order valence-corrected chi connectivity index (χ0v) is 10.8. The second-order valence-electron chi connectivity index (χ2n) is 4.01. The Bertz CT molecular complexity index is 547. The molecule has 0 unspecified atom stereocenters. The quantitative estimate of drug-likeness (QED) is 0.780. The van der Waals surface area contributed by atoms with Crippen LogP contribution in [-0.4, -0.2) is 5.97 Å². The fourth-order valence-corrected chi connectivity index (χ4v) is 1.71. The summed E-state index contributed by atoms with van der Waals surface area (Å²) in [4.78, 5) is 11.8. The van der Waals surface area contributed by atoms with Crippen LogP contribution in [0.4, 0.5) is 0 Å². The van der Waals surface area contributed by atoms with E-state index in [9.17, 15) is 4.79 Å². The van der Waals surface area contributed by atoms with Crippen molar-refractivity contribution < 1.29 is 9.53 Å². The van der Waals surface area contributed by atoms with Gasteiger partial charge in [-0.1, -0.05) is 35.9 Å². The zero-order chi connectivity index (χ0) is 13.0. The molecule has 0 aliphatic heterocycles. The van der Waals surface area contributed by atoms with Crippen LogP contribution in [0, 0.1) is 6.92 Å². The lowest BCUT2D eigenvalue weighted by Crippen LogP contribution is -2.05. The number of carbonyl (C=O) groups excluding carboxylic acids is 1. The van der Waals surface area contributed by atoms with Gasteiger partial charge in [-0.2, -0.15) is 0 Å². The first-order chi connectivity index (χ1) is 8.66. The maximum absolute atomic E-state index is 11.8. The van der Waals surface area contributed by atoms with Crippen LogP contribution in [0.5, 0.6) is 0 Å². The van der Waals surface area contributed by atoms with E-state index in [1.165, 1.54) is 0 Å². The predicted octanol–water partition coefficient (Wildman–Crippen LogP) is 4.01. The van der Waals surface area contributed by atoms with Gasteiger partial charge >= 0.3 is 5.97 Å². The highest BCUT2D eigenvalue weighted by Gasteiger charge is 2.07. The van der Waals surface area contributed by atoms with E-state index in [1.54, 1.807) is 24.3 Å². The van der Waals surface area contributed by atoms with Crippen molar-refractivity contribution in [3.8, 4) is 0 Å². The van der Waals surface area contributed by atoms with Crippen molar-refractivity contribution in [2.24, 2.45) is 0 Å². The Morgan fingerprint density at radius 1 is 1.11 bits per heavy atom. The van der Waals surface area contributed by atoms with Crippen LogP contribution in [0.2, 0.25) is 5.02 Å². The van der Waals surface area contributed by atoms with Gasteiger partial charge in [0.25, 0.3) is 0 Å². The summed E-state index contributed by atoms with van der Waals surface area (Å²) in [6.07, 6.45) is 0. The summed E-state index contributed by atoms with van der Waals surface area (Å²) in [6.45, 7) is 2.28. The lowest BCUT2D eigenvalue weighted by Gasteiger charge is -2.07. The summed E-state index contributed by atoms with van der Waals surface area (Å²) in [5.41, 5.74) is 2.63. The monoisotopic (exact) mass is 260 g/mol. The van der Waals surface area contributed by atoms with Crippen molar-refractivity contribution in [3.05, 3.63) is 70.2 Å². The highest BCUT2D eigenvalue weighted by atomic mass is 35.5. The van der Waals surface area contributed by atoms with Gasteiger partial charge in [-0.05, 0) is 42.3 Å². The molecule has 2 aromatic carbocycles. The first-order valence-electron chi connectivity index (χ1n) is 5.64. The molecule has 0 aliphatic carbocycles. The largest absolute Gasteiger partial charge is 0.457 e. The van der Waals surface area contributed by atoms with Crippen LogP contribution in [0.1, 0.15) is 21.5 Å². The Hall–Kier alpha value is -1.80. The van der Waals surface area contributed by atoms with Crippen molar-refractivity contribution in [1.29, 1.82) is 0 Å². The number of hydrogen-bond donors (Lipinski definition) is 0. The molecule has 2 rings (SSSR count). The minimum absolute atomic E-state index is 0.286. The summed E-state index contributed by atoms with van der Waals surface area (Å²) < 4.78 is 5.25. The SMILES string of the molecule is Cc1ccccc1COC(=O)c1ccc(Cl)cc1. The normalized spacial score (nSPS) is 10.1. The Morgan fingerprint density at radius 2 is 1.78 bits per heavy atom. The highest BCUT2D eigenvalue weighted by Crippen LogP contribution is 2.13. The van der Waals surface area contributed by atoms with Crippen LogP contribution in [0.3, 0.4) is 0 Å². The highest BCUT2D eigenvalue weighted by molar-refractivity contribution is 6.30. The van der Waals surface area contributed by atoms with Gasteiger partial charge < -0.3 is 4.74 Å². The smallest absolute Gasteiger partial charge is 0.338 e. The number of ether oxygens (including phenoxy) is 1. The van der Waals surface area contributed by atoms with Crippen LogP contribution in [-0.2, 0) is 11.3 Å². The number of hydrogen-bond acceptors (Lipinski definition) is 2. The number of carbonyl (C=O) groups is 1. The van der Waals surface area contributed by atoms with Gasteiger partial charge in [0, 0.05) is 5.02 Å². The summed E-state index contributed by atoms with van der Waals surface area (Å²) in [6, 6.07) is 14.5. The minimum Gasteiger partial charge on any atom is -0.457 e. The van der Waals surface area contributed by atoms with Crippen molar-refractivity contribution in [1.82, 2.24) is 0 Å². The maximum Gasteiger partial charge on any atom is 0.338 e. The van der Waals surface area contributed by atoms with Gasteiger partial charge in [0.05, 0.1) is 5.56 Å². The van der Waals surface area contributed by atoms with E-state index < -0.39 is 0 Å². The Kier molecular flexibility index (Phi) is 4.00. The Morgan fingerprint density at radius 3 is 2.44 bits per heavy atom. The van der Waals surface area contributed by atoms with Crippen LogP contribution < -0.4 is 0 Å². The molecule has 0 bridgehead atoms. The lowest BCUT2D eigenvalue weighted by molar-refractivity contribution is 0.0472. The fraction of sp³-hybridized carbons (Fsp3) is 0.133. The summed E-state index contributed by atoms with van der Waals surface area (Å²) in [5.74, 6) is -0.338. The molecule has 3 heteroatoms. The Balaban J connectivity index is 2.01. The van der Waals surface area contributed by atoms with Crippen LogP contribution in [0.25, 0.3) is 0 Å². The van der Waals surface area contributed by atoms with Crippen molar-refractivity contribution >= 4 is 17.6 Å². The number of esters is 1. The second kappa shape index (κ2) is 5.69. The molecule has 0 saturated carbocycles. The first kappa shape index (κ1) is 12.7. The molecule has 0 aliphatic rings. The molecule has 2 aromatic rings. The van der Waals surface area contributed by atoms with Crippen molar-refractivity contribution in [3.63, 3.8) is 0 Å².